The molecule has 124 valence electrons. The molecule has 0 aliphatic heterocycles. The van der Waals surface area contributed by atoms with E-state index in [4.69, 9.17) is 5.11 Å². The molecular weight excluding hydrogens is 334 g/mol. The molecule has 1 aromatic rings. The van der Waals surface area contributed by atoms with Gasteiger partial charge in [-0.25, -0.2) is 4.57 Å². The van der Waals surface area contributed by atoms with Gasteiger partial charge in [0.05, 0.1) is 17.6 Å². The molecule has 12 heteroatoms. The first kappa shape index (κ1) is 18.4. The molecule has 2 unspecified atom stereocenters. The van der Waals surface area contributed by atoms with Crippen molar-refractivity contribution in [1.82, 2.24) is 0 Å². The zero-order valence-corrected chi connectivity index (χ0v) is 11.9. The lowest BCUT2D eigenvalue weighted by Crippen LogP contribution is -2.11. The molecule has 1 aromatic carbocycles. The molecule has 8 nitrogen and oxygen atoms in total. The summed E-state index contributed by atoms with van der Waals surface area (Å²) in [6.45, 7) is 0.653. The Bertz CT molecular complexity index is 605. The number of alkyl halides is 3. The van der Waals surface area contributed by atoms with Gasteiger partial charge in [0.1, 0.15) is 11.3 Å². The largest absolute Gasteiger partial charge is 0.527 e. The van der Waals surface area contributed by atoms with Gasteiger partial charge in [-0.05, 0) is 19.1 Å². The Labute approximate surface area is 121 Å². The van der Waals surface area contributed by atoms with E-state index in [0.29, 0.717) is 6.07 Å². The van der Waals surface area contributed by atoms with Crippen LogP contribution in [-0.2, 0) is 15.3 Å². The summed E-state index contributed by atoms with van der Waals surface area (Å²) in [5, 5.41) is 19.4. The minimum Gasteiger partial charge on any atom is -0.404 e. The number of hydrogen-bond donors (Lipinski definition) is 2. The van der Waals surface area contributed by atoms with Crippen LogP contribution in [0.2, 0.25) is 0 Å². The first-order valence-electron chi connectivity index (χ1n) is 5.63. The zero-order valence-electron chi connectivity index (χ0n) is 11.0. The Hall–Kier alpha value is -1.68. The van der Waals surface area contributed by atoms with E-state index >= 15 is 0 Å². The Morgan fingerprint density at radius 3 is 2.50 bits per heavy atom. The van der Waals surface area contributed by atoms with Crippen molar-refractivity contribution in [3.8, 4) is 5.75 Å². The molecule has 2 atom stereocenters. The second-order valence-electron chi connectivity index (χ2n) is 4.14. The van der Waals surface area contributed by atoms with Crippen molar-refractivity contribution in [3.05, 3.63) is 33.9 Å². The average molecular weight is 345 g/mol. The number of phosphoric ester groups is 1. The van der Waals surface area contributed by atoms with Gasteiger partial charge in [0.25, 0.3) is 5.69 Å². The molecule has 0 heterocycles. The number of aliphatic hydroxyl groups is 1. The van der Waals surface area contributed by atoms with Gasteiger partial charge < -0.3 is 9.63 Å². The van der Waals surface area contributed by atoms with E-state index in [1.54, 1.807) is 0 Å². The maximum Gasteiger partial charge on any atom is 0.527 e. The van der Waals surface area contributed by atoms with Crippen molar-refractivity contribution in [3.63, 3.8) is 0 Å². The summed E-state index contributed by atoms with van der Waals surface area (Å²) in [5.74, 6) is -0.741. The standard InChI is InChI=1S/C10H11F3NO7P/c1-6(15)5-20-22(18,19)21-7-2-3-9(14(16)17)8(4-7)10(11,12)13/h2-4,6,15H,5H2,1H3,(H,18,19). The Balaban J connectivity index is 3.07. The predicted molar refractivity (Wildman–Crippen MR) is 66.2 cm³/mol. The maximum absolute atomic E-state index is 12.7. The topological polar surface area (TPSA) is 119 Å². The lowest BCUT2D eigenvalue weighted by Gasteiger charge is -2.15. The van der Waals surface area contributed by atoms with Gasteiger partial charge in [0.15, 0.2) is 0 Å². The smallest absolute Gasteiger partial charge is 0.404 e. The molecule has 0 radical (unpaired) electrons. The SMILES string of the molecule is CC(O)COP(=O)(O)Oc1ccc([N+](=O)[O-])c(C(F)(F)F)c1. The fraction of sp³-hybridized carbons (Fsp3) is 0.400. The van der Waals surface area contributed by atoms with Crippen LogP contribution in [0.25, 0.3) is 0 Å². The molecule has 0 saturated heterocycles. The predicted octanol–water partition coefficient (Wildman–Crippen LogP) is 2.49. The molecule has 0 aromatic heterocycles. The van der Waals surface area contributed by atoms with Crippen LogP contribution in [-0.4, -0.2) is 27.6 Å². The number of halogens is 3. The monoisotopic (exact) mass is 345 g/mol. The lowest BCUT2D eigenvalue weighted by atomic mass is 10.1. The number of nitrogens with zero attached hydrogens (tertiary/aromatic N) is 1. The molecule has 0 bridgehead atoms. The highest BCUT2D eigenvalue weighted by Crippen LogP contribution is 2.46. The van der Waals surface area contributed by atoms with E-state index < -0.39 is 48.6 Å². The highest BCUT2D eigenvalue weighted by Gasteiger charge is 2.39. The summed E-state index contributed by atoms with van der Waals surface area (Å²) in [7, 11) is -4.78. The fourth-order valence-electron chi connectivity index (χ4n) is 1.32. The van der Waals surface area contributed by atoms with Crippen molar-refractivity contribution < 1.29 is 41.7 Å². The second kappa shape index (κ2) is 6.61. The van der Waals surface area contributed by atoms with Crippen LogP contribution in [0.15, 0.2) is 18.2 Å². The number of hydrogen-bond acceptors (Lipinski definition) is 6. The Morgan fingerprint density at radius 1 is 1.45 bits per heavy atom. The summed E-state index contributed by atoms with van der Waals surface area (Å²) >= 11 is 0. The first-order valence-corrected chi connectivity index (χ1v) is 7.12. The molecule has 0 fully saturated rings. The quantitative estimate of drug-likeness (QED) is 0.462. The van der Waals surface area contributed by atoms with E-state index in [0.717, 1.165) is 6.07 Å². The average Bonchev–Trinajstić information content (AvgIpc) is 2.34. The van der Waals surface area contributed by atoms with E-state index in [1.807, 2.05) is 0 Å². The molecule has 22 heavy (non-hydrogen) atoms. The summed E-state index contributed by atoms with van der Waals surface area (Å²) in [5.41, 5.74) is -2.86. The van der Waals surface area contributed by atoms with Crippen LogP contribution >= 0.6 is 7.82 Å². The number of nitro benzene ring substituents is 1. The van der Waals surface area contributed by atoms with Crippen LogP contribution < -0.4 is 4.52 Å². The number of phosphoric acid groups is 1. The Kier molecular flexibility index (Phi) is 5.52. The minimum atomic E-state index is -5.05. The third-order valence-electron chi connectivity index (χ3n) is 2.17. The van der Waals surface area contributed by atoms with Crippen LogP contribution in [0, 0.1) is 10.1 Å². The highest BCUT2D eigenvalue weighted by molar-refractivity contribution is 7.47. The van der Waals surface area contributed by atoms with Crippen LogP contribution in [0.5, 0.6) is 5.75 Å². The number of nitro groups is 1. The van der Waals surface area contributed by atoms with Gasteiger partial charge in [-0.15, -0.1) is 0 Å². The lowest BCUT2D eigenvalue weighted by molar-refractivity contribution is -0.388. The van der Waals surface area contributed by atoms with Crippen molar-refractivity contribution >= 4 is 13.5 Å². The van der Waals surface area contributed by atoms with Crippen molar-refractivity contribution in [1.29, 1.82) is 0 Å². The molecule has 1 rings (SSSR count). The normalized spacial score (nSPS) is 15.9. The van der Waals surface area contributed by atoms with Gasteiger partial charge in [0, 0.05) is 6.07 Å². The second-order valence-corrected chi connectivity index (χ2v) is 5.52. The van der Waals surface area contributed by atoms with Gasteiger partial charge in [0.2, 0.25) is 0 Å². The molecule has 0 aliphatic carbocycles. The van der Waals surface area contributed by atoms with Gasteiger partial charge in [-0.3, -0.25) is 19.5 Å². The third kappa shape index (κ3) is 5.26. The Morgan fingerprint density at radius 2 is 2.05 bits per heavy atom. The summed E-state index contributed by atoms with van der Waals surface area (Å²) < 4.78 is 58.3. The van der Waals surface area contributed by atoms with Crippen molar-refractivity contribution in [2.45, 2.75) is 19.2 Å². The van der Waals surface area contributed by atoms with Gasteiger partial charge in [-0.2, -0.15) is 13.2 Å². The number of rotatable bonds is 6. The van der Waals surface area contributed by atoms with E-state index in [9.17, 15) is 32.7 Å². The highest BCUT2D eigenvalue weighted by atomic mass is 31.2. The number of aliphatic hydroxyl groups excluding tert-OH is 1. The van der Waals surface area contributed by atoms with E-state index in [2.05, 4.69) is 9.05 Å². The minimum absolute atomic E-state index is 0.215. The summed E-state index contributed by atoms with van der Waals surface area (Å²) in [6.07, 6.45) is -6.16. The molecule has 2 N–H and O–H groups in total. The zero-order chi connectivity index (χ0) is 17.1. The van der Waals surface area contributed by atoms with Crippen molar-refractivity contribution in [2.75, 3.05) is 6.61 Å². The number of benzene rings is 1. The summed E-state index contributed by atoms with van der Waals surface area (Å²) in [4.78, 5) is 18.6. The van der Waals surface area contributed by atoms with E-state index in [1.165, 1.54) is 6.92 Å². The third-order valence-corrected chi connectivity index (χ3v) is 3.09. The van der Waals surface area contributed by atoms with Crippen molar-refractivity contribution in [2.24, 2.45) is 0 Å². The molecule has 0 spiro atoms. The van der Waals surface area contributed by atoms with Crippen LogP contribution in [0.3, 0.4) is 0 Å². The molecule has 0 amide bonds. The van der Waals surface area contributed by atoms with Gasteiger partial charge >= 0.3 is 14.0 Å². The molecule has 0 saturated carbocycles. The maximum atomic E-state index is 12.7. The van der Waals surface area contributed by atoms with Gasteiger partial charge in [-0.1, -0.05) is 0 Å². The summed E-state index contributed by atoms with van der Waals surface area (Å²) in [6, 6.07) is 1.43. The van der Waals surface area contributed by atoms with E-state index in [-0.39, 0.29) is 6.07 Å². The molecule has 0 aliphatic rings. The van der Waals surface area contributed by atoms with Crippen LogP contribution in [0.4, 0.5) is 18.9 Å². The van der Waals surface area contributed by atoms with Crippen LogP contribution in [0.1, 0.15) is 12.5 Å². The first-order chi connectivity index (χ1) is 9.92. The molecular formula is C10H11F3NO7P. The fourth-order valence-corrected chi connectivity index (χ4v) is 2.16.